The molecular weight excluding hydrogens is 179 g/mol. The maximum atomic E-state index is 8.54. The molecule has 0 nitrogen and oxygen atoms in total. The fourth-order valence-corrected chi connectivity index (χ4v) is 3.44. The third-order valence-corrected chi connectivity index (χ3v) is 4.21. The highest BCUT2D eigenvalue weighted by Gasteiger charge is 2.38. The van der Waals surface area contributed by atoms with E-state index in [9.17, 15) is 0 Å². The molecule has 0 aromatic heterocycles. The smallest absolute Gasteiger partial charge is 0.0732 e. The number of hydrogen-bond donors (Lipinski definition) is 0. The summed E-state index contributed by atoms with van der Waals surface area (Å²) in [6.45, 7) is 6.87. The van der Waals surface area contributed by atoms with Crippen molar-refractivity contribution in [3.8, 4) is 0 Å². The maximum absolute atomic E-state index is 8.54. The molecule has 2 unspecified atom stereocenters. The Bertz CT molecular complexity index is 239. The summed E-state index contributed by atoms with van der Waals surface area (Å²) in [6, 6.07) is 0. The van der Waals surface area contributed by atoms with Gasteiger partial charge in [0.1, 0.15) is 6.71 Å². The van der Waals surface area contributed by atoms with E-state index in [1.54, 1.807) is 0 Å². The van der Waals surface area contributed by atoms with Crippen LogP contribution in [-0.2, 0) is 0 Å². The second-order valence-corrected chi connectivity index (χ2v) is 6.68. The van der Waals surface area contributed by atoms with Crippen LogP contribution in [0.25, 0.3) is 0 Å². The van der Waals surface area contributed by atoms with Crippen molar-refractivity contribution in [2.75, 3.05) is 0 Å². The van der Waals surface area contributed by atoms with Gasteiger partial charge in [-0.25, -0.2) is 0 Å². The Hall–Kier alpha value is 0.0649. The largest absolute Gasteiger partial charge is 0.146 e. The summed E-state index contributed by atoms with van der Waals surface area (Å²) in [5.41, 5.74) is -0.0435. The van der Waals surface area contributed by atoms with Gasteiger partial charge in [0.05, 0.1) is 0 Å². The molecule has 0 radical (unpaired) electrons. The predicted molar refractivity (Wildman–Crippen MR) is 69.8 cm³/mol. The van der Waals surface area contributed by atoms with Crippen molar-refractivity contribution in [1.82, 2.24) is 0 Å². The Balaban J connectivity index is 2.10. The fourth-order valence-electron chi connectivity index (χ4n) is 3.44. The van der Waals surface area contributed by atoms with E-state index >= 15 is 0 Å². The molecule has 2 bridgehead atoms. The molecule has 1 heteroatoms. The highest BCUT2D eigenvalue weighted by molar-refractivity contribution is 6.62. The Morgan fingerprint density at radius 2 is 1.53 bits per heavy atom. The molecule has 2 fully saturated rings. The van der Waals surface area contributed by atoms with Crippen molar-refractivity contribution in [2.24, 2.45) is 5.41 Å². The lowest BCUT2D eigenvalue weighted by molar-refractivity contribution is 0.384. The van der Waals surface area contributed by atoms with Crippen molar-refractivity contribution >= 4 is 6.71 Å². The van der Waals surface area contributed by atoms with Gasteiger partial charge >= 0.3 is 0 Å². The quantitative estimate of drug-likeness (QED) is 0.558. The van der Waals surface area contributed by atoms with E-state index in [0.29, 0.717) is 6.71 Å². The topological polar surface area (TPSA) is 0 Å². The van der Waals surface area contributed by atoms with E-state index in [1.165, 1.54) is 38.5 Å². The minimum absolute atomic E-state index is 0.0435. The van der Waals surface area contributed by atoms with Gasteiger partial charge in [-0.3, -0.25) is 0 Å². The highest BCUT2D eigenvalue weighted by atomic mass is 14.3. The van der Waals surface area contributed by atoms with Gasteiger partial charge in [-0.1, -0.05) is 83.6 Å². The van der Waals surface area contributed by atoms with Crippen LogP contribution in [0.5, 0.6) is 0 Å². The van der Waals surface area contributed by atoms with Crippen molar-refractivity contribution in [3.05, 3.63) is 0 Å². The molecule has 2 rings (SSSR count). The first-order valence-corrected chi connectivity index (χ1v) is 6.76. The van der Waals surface area contributed by atoms with Crippen LogP contribution in [0.1, 0.15) is 68.4 Å². The van der Waals surface area contributed by atoms with Crippen LogP contribution < -0.4 is 0 Å². The fraction of sp³-hybridized carbons (Fsp3) is 1.00. The molecule has 2 aliphatic heterocycles. The van der Waals surface area contributed by atoms with Gasteiger partial charge in [0, 0.05) is 2.74 Å². The lowest BCUT2D eigenvalue weighted by Gasteiger charge is -2.41. The van der Waals surface area contributed by atoms with Crippen molar-refractivity contribution in [2.45, 2.75) is 83.6 Å². The SMILES string of the molecule is [2H]C(B1C2CCCC1CCC2)C([2H])C(C)(C)C. The number of rotatable bonds is 2. The van der Waals surface area contributed by atoms with E-state index in [-0.39, 0.29) is 18.1 Å². The summed E-state index contributed by atoms with van der Waals surface area (Å²) in [4.78, 5) is 0. The molecule has 2 saturated heterocycles. The molecule has 2 heterocycles. The average Bonchev–Trinajstić information content (AvgIpc) is 2.24. The summed E-state index contributed by atoms with van der Waals surface area (Å²) in [5, 5.41) is 0. The molecule has 0 saturated carbocycles. The Morgan fingerprint density at radius 3 is 1.93 bits per heavy atom. The summed E-state index contributed by atoms with van der Waals surface area (Å²) in [7, 11) is 0. The third-order valence-electron chi connectivity index (χ3n) is 4.21. The van der Waals surface area contributed by atoms with Crippen LogP contribution in [0.4, 0.5) is 0 Å². The molecule has 2 aliphatic rings. The van der Waals surface area contributed by atoms with Crippen LogP contribution >= 0.6 is 0 Å². The zero-order valence-electron chi connectivity index (χ0n) is 12.6. The molecule has 0 aliphatic carbocycles. The second-order valence-electron chi connectivity index (χ2n) is 6.68. The van der Waals surface area contributed by atoms with Crippen LogP contribution in [0, 0.1) is 5.41 Å². The monoisotopic (exact) mass is 208 g/mol. The van der Waals surface area contributed by atoms with E-state index < -0.39 is 0 Å². The molecular formula is C14H27B. The van der Waals surface area contributed by atoms with Gasteiger partial charge < -0.3 is 0 Å². The lowest BCUT2D eigenvalue weighted by Crippen LogP contribution is -2.35. The van der Waals surface area contributed by atoms with Gasteiger partial charge in [0.25, 0.3) is 0 Å². The van der Waals surface area contributed by atoms with Gasteiger partial charge in [-0.2, -0.15) is 0 Å². The molecule has 86 valence electrons. The van der Waals surface area contributed by atoms with Gasteiger partial charge in [0.2, 0.25) is 0 Å². The van der Waals surface area contributed by atoms with Crippen LogP contribution in [0.2, 0.25) is 17.9 Å². The summed E-state index contributed by atoms with van der Waals surface area (Å²) in [5.74, 6) is 1.53. The Kier molecular flexibility index (Phi) is 2.75. The summed E-state index contributed by atoms with van der Waals surface area (Å²) < 4.78 is 16.9. The minimum Gasteiger partial charge on any atom is -0.0732 e. The lowest BCUT2D eigenvalue weighted by atomic mass is 9.25. The Morgan fingerprint density at radius 1 is 1.07 bits per heavy atom. The van der Waals surface area contributed by atoms with Gasteiger partial charge in [-0.05, 0) is 5.41 Å². The van der Waals surface area contributed by atoms with Gasteiger partial charge in [-0.15, -0.1) is 0 Å². The molecule has 2 atom stereocenters. The van der Waals surface area contributed by atoms with E-state index in [1.807, 2.05) is 0 Å². The summed E-state index contributed by atoms with van der Waals surface area (Å²) in [6.07, 6.45) is 7.66. The first kappa shape index (κ1) is 9.13. The molecule has 0 amide bonds. The standard InChI is InChI=1S/C14H27B/c1-14(2,3)10-11-15-12-6-4-7-13(15)9-5-8-12/h12-13H,4-11H2,1-3H3/i10D,11D. The van der Waals surface area contributed by atoms with Crippen LogP contribution in [0.3, 0.4) is 0 Å². The van der Waals surface area contributed by atoms with Crippen LogP contribution in [0.15, 0.2) is 0 Å². The summed E-state index contributed by atoms with van der Waals surface area (Å²) >= 11 is 0. The van der Waals surface area contributed by atoms with E-state index in [4.69, 9.17) is 2.74 Å². The van der Waals surface area contributed by atoms with Crippen molar-refractivity contribution in [1.29, 1.82) is 0 Å². The zero-order valence-corrected chi connectivity index (χ0v) is 10.6. The van der Waals surface area contributed by atoms with Gasteiger partial charge in [0.15, 0.2) is 0 Å². The molecule has 0 aromatic carbocycles. The van der Waals surface area contributed by atoms with Crippen LogP contribution in [-0.4, -0.2) is 6.71 Å². The van der Waals surface area contributed by atoms with E-state index in [2.05, 4.69) is 20.8 Å². The number of hydrogen-bond acceptors (Lipinski definition) is 0. The highest BCUT2D eigenvalue weighted by Crippen LogP contribution is 2.48. The minimum atomic E-state index is -0.228. The maximum Gasteiger partial charge on any atom is 0.146 e. The zero-order chi connectivity index (χ0) is 12.6. The normalized spacial score (nSPS) is 37.9. The second kappa shape index (κ2) is 4.51. The molecule has 15 heavy (non-hydrogen) atoms. The molecule has 0 N–H and O–H groups in total. The average molecular weight is 208 g/mol. The molecule has 0 aromatic rings. The van der Waals surface area contributed by atoms with Crippen molar-refractivity contribution < 1.29 is 2.74 Å². The molecule has 0 spiro atoms. The Labute approximate surface area is 99.1 Å². The first-order valence-electron chi connectivity index (χ1n) is 7.91. The first-order chi connectivity index (χ1) is 7.91. The predicted octanol–water partition coefficient (Wildman–Crippen LogP) is 5.03. The number of fused-ring (bicyclic) bond motifs is 2. The van der Waals surface area contributed by atoms with E-state index in [0.717, 1.165) is 11.6 Å². The third kappa shape index (κ3) is 3.01. The van der Waals surface area contributed by atoms with Crippen molar-refractivity contribution in [3.63, 3.8) is 0 Å².